The normalized spacial score (nSPS) is 28.2. The van der Waals surface area contributed by atoms with E-state index in [1.807, 2.05) is 37.3 Å². The molecule has 2 amide bonds. The Labute approximate surface area is 261 Å². The van der Waals surface area contributed by atoms with Crippen molar-refractivity contribution in [1.82, 2.24) is 4.98 Å². The summed E-state index contributed by atoms with van der Waals surface area (Å²) in [5.41, 5.74) is 3.65. The van der Waals surface area contributed by atoms with E-state index in [9.17, 15) is 18.8 Å². The number of anilines is 1. The number of carbonyl (C=O) groups is 2. The van der Waals surface area contributed by atoms with Crippen molar-refractivity contribution in [1.29, 1.82) is 0 Å². The lowest BCUT2D eigenvalue weighted by atomic mass is 9.68. The molecule has 0 unspecified atom stereocenters. The van der Waals surface area contributed by atoms with E-state index in [1.165, 1.54) is 46.1 Å². The second-order valence-electron chi connectivity index (χ2n) is 12.1. The van der Waals surface area contributed by atoms with Gasteiger partial charge in [-0.3, -0.25) is 19.3 Å². The molecule has 7 atom stereocenters. The number of imide groups is 1. The van der Waals surface area contributed by atoms with Crippen LogP contribution in [0, 0.1) is 42.3 Å². The molecular formula is C34H29FN2O5S2. The SMILES string of the molecule is COc1cc([C@@H]2c3sc(=O)[nH]c3S[C@@H]3[C@@H]4C[C@@H]([C@@H]5C(=O)N(c6ccc(F)cc6)C(=O)[C@@H]45)[C@@H]23)ccc1OCc1ccc(C)cc1. The largest absolute Gasteiger partial charge is 0.493 e. The van der Waals surface area contributed by atoms with Crippen LogP contribution in [0.3, 0.4) is 0 Å². The number of hydrogen-bond donors (Lipinski definition) is 1. The quantitative estimate of drug-likeness (QED) is 0.258. The number of carbonyl (C=O) groups excluding carboxylic acids is 2. The average molecular weight is 629 g/mol. The molecule has 0 spiro atoms. The number of methoxy groups -OCH3 is 1. The van der Waals surface area contributed by atoms with E-state index < -0.39 is 17.7 Å². The molecule has 3 heterocycles. The molecule has 2 aliphatic heterocycles. The standard InChI is InChI=1S/C34H29FN2O5S2/c1-16-3-5-17(6-4-16)15-42-23-12-7-18(13-24(23)41-2)25-26-21-14-22(29(26)43-31-30(25)44-34(40)36-31)28-27(21)32(38)37(33(28)39)20-10-8-19(35)9-11-20/h3-13,21-22,25-29H,14-15H2,1-2H3,(H,36,40)/t21-,22-,25+,26+,27+,28+,29-/m1/s1. The maximum atomic E-state index is 13.9. The van der Waals surface area contributed by atoms with Gasteiger partial charge in [0, 0.05) is 16.0 Å². The Bertz CT molecular complexity index is 1850. The Balaban J connectivity index is 1.14. The zero-order valence-corrected chi connectivity index (χ0v) is 25.6. The minimum atomic E-state index is -0.432. The van der Waals surface area contributed by atoms with E-state index >= 15 is 0 Å². The van der Waals surface area contributed by atoms with Crippen molar-refractivity contribution in [2.45, 2.75) is 36.1 Å². The summed E-state index contributed by atoms with van der Waals surface area (Å²) in [5, 5.41) is 0.915. The second-order valence-corrected chi connectivity index (χ2v) is 14.3. The number of H-pyrrole nitrogens is 1. The predicted octanol–water partition coefficient (Wildman–Crippen LogP) is 6.15. The number of fused-ring (bicyclic) bond motifs is 9. The highest BCUT2D eigenvalue weighted by atomic mass is 32.2. The highest BCUT2D eigenvalue weighted by Gasteiger charge is 2.69. The number of benzene rings is 3. The first-order valence-electron chi connectivity index (χ1n) is 14.7. The molecule has 2 bridgehead atoms. The maximum Gasteiger partial charge on any atom is 0.305 e. The summed E-state index contributed by atoms with van der Waals surface area (Å²) in [6, 6.07) is 19.7. The summed E-state index contributed by atoms with van der Waals surface area (Å²) >= 11 is 2.87. The van der Waals surface area contributed by atoms with Crippen LogP contribution < -0.4 is 19.2 Å². The van der Waals surface area contributed by atoms with Gasteiger partial charge in [0.2, 0.25) is 11.8 Å². The van der Waals surface area contributed by atoms with Crippen molar-refractivity contribution in [2.75, 3.05) is 12.0 Å². The Morgan fingerprint density at radius 2 is 1.66 bits per heavy atom. The van der Waals surface area contributed by atoms with Crippen LogP contribution in [0.15, 0.2) is 76.6 Å². The van der Waals surface area contributed by atoms with Crippen LogP contribution in [-0.2, 0) is 16.2 Å². The third-order valence-corrected chi connectivity index (χ3v) is 12.5. The van der Waals surface area contributed by atoms with Gasteiger partial charge in [0.05, 0.1) is 29.7 Å². The zero-order valence-electron chi connectivity index (χ0n) is 24.0. The molecule has 0 radical (unpaired) electrons. The lowest BCUT2D eigenvalue weighted by molar-refractivity contribution is -0.123. The molecule has 1 saturated heterocycles. The molecule has 3 aromatic carbocycles. The Morgan fingerprint density at radius 3 is 2.39 bits per heavy atom. The minimum absolute atomic E-state index is 0.0000355. The van der Waals surface area contributed by atoms with Crippen LogP contribution >= 0.6 is 23.1 Å². The van der Waals surface area contributed by atoms with Crippen molar-refractivity contribution in [3.05, 3.63) is 104 Å². The first kappa shape index (κ1) is 27.6. The molecule has 2 aliphatic carbocycles. The van der Waals surface area contributed by atoms with Crippen LogP contribution in [0.2, 0.25) is 0 Å². The smallest absolute Gasteiger partial charge is 0.305 e. The number of thiazole rings is 1. The summed E-state index contributed by atoms with van der Waals surface area (Å²) in [7, 11) is 1.62. The minimum Gasteiger partial charge on any atom is -0.493 e. The first-order chi connectivity index (χ1) is 21.3. The molecule has 224 valence electrons. The average Bonchev–Trinajstić information content (AvgIpc) is 3.76. The summed E-state index contributed by atoms with van der Waals surface area (Å²) in [6.45, 7) is 2.45. The highest BCUT2D eigenvalue weighted by molar-refractivity contribution is 8.00. The van der Waals surface area contributed by atoms with E-state index in [2.05, 4.69) is 17.1 Å². The number of hydrogen-bond acceptors (Lipinski definition) is 7. The Hall–Kier alpha value is -3.89. The number of aromatic amines is 1. The molecule has 4 aliphatic rings. The number of nitrogens with zero attached hydrogens (tertiary/aromatic N) is 1. The molecule has 2 saturated carbocycles. The van der Waals surface area contributed by atoms with Crippen molar-refractivity contribution in [2.24, 2.45) is 29.6 Å². The highest BCUT2D eigenvalue weighted by Crippen LogP contribution is 2.68. The summed E-state index contributed by atoms with van der Waals surface area (Å²) < 4.78 is 25.6. The third kappa shape index (κ3) is 4.18. The molecule has 1 N–H and O–H groups in total. The first-order valence-corrected chi connectivity index (χ1v) is 16.4. The maximum absolute atomic E-state index is 13.9. The number of aromatic nitrogens is 1. The van der Waals surface area contributed by atoms with E-state index in [0.717, 1.165) is 27.5 Å². The topological polar surface area (TPSA) is 88.7 Å². The van der Waals surface area contributed by atoms with Crippen LogP contribution in [0.1, 0.15) is 33.9 Å². The van der Waals surface area contributed by atoms with Gasteiger partial charge < -0.3 is 14.5 Å². The van der Waals surface area contributed by atoms with Crippen LogP contribution in [-0.4, -0.2) is 29.2 Å². The summed E-state index contributed by atoms with van der Waals surface area (Å²) in [4.78, 5) is 45.5. The molecule has 8 rings (SSSR count). The molecular weight excluding hydrogens is 600 g/mol. The molecule has 3 fully saturated rings. The lowest BCUT2D eigenvalue weighted by Crippen LogP contribution is -2.42. The lowest BCUT2D eigenvalue weighted by Gasteiger charge is -2.43. The molecule has 44 heavy (non-hydrogen) atoms. The van der Waals surface area contributed by atoms with Gasteiger partial charge in [0.25, 0.3) is 0 Å². The number of ether oxygens (including phenoxy) is 2. The Morgan fingerprint density at radius 1 is 0.932 bits per heavy atom. The van der Waals surface area contributed by atoms with E-state index in [1.54, 1.807) is 18.9 Å². The molecule has 10 heteroatoms. The van der Waals surface area contributed by atoms with Crippen molar-refractivity contribution >= 4 is 40.6 Å². The number of halogens is 1. The van der Waals surface area contributed by atoms with Crippen LogP contribution in [0.4, 0.5) is 10.1 Å². The monoisotopic (exact) mass is 628 g/mol. The van der Waals surface area contributed by atoms with Gasteiger partial charge >= 0.3 is 4.87 Å². The fourth-order valence-corrected chi connectivity index (χ4v) is 11.0. The Kier molecular flexibility index (Phi) is 6.50. The number of amides is 2. The summed E-state index contributed by atoms with van der Waals surface area (Å²) in [6.07, 6.45) is 0.789. The fourth-order valence-electron chi connectivity index (χ4n) is 8.08. The third-order valence-electron chi connectivity index (χ3n) is 9.87. The van der Waals surface area contributed by atoms with Gasteiger partial charge in [0.1, 0.15) is 12.4 Å². The molecule has 1 aromatic heterocycles. The van der Waals surface area contributed by atoms with Gasteiger partial charge in [-0.05, 0) is 78.6 Å². The fraction of sp³-hybridized carbons (Fsp3) is 0.324. The summed E-state index contributed by atoms with van der Waals surface area (Å²) in [5.74, 6) is -0.543. The molecule has 4 aromatic rings. The second kappa shape index (κ2) is 10.3. The van der Waals surface area contributed by atoms with Crippen molar-refractivity contribution in [3.8, 4) is 11.5 Å². The van der Waals surface area contributed by atoms with Gasteiger partial charge in [-0.15, -0.1) is 11.8 Å². The number of rotatable bonds is 6. The van der Waals surface area contributed by atoms with Crippen LogP contribution in [0.25, 0.3) is 0 Å². The van der Waals surface area contributed by atoms with Gasteiger partial charge in [-0.25, -0.2) is 4.39 Å². The van der Waals surface area contributed by atoms with Crippen molar-refractivity contribution in [3.63, 3.8) is 0 Å². The van der Waals surface area contributed by atoms with E-state index in [4.69, 9.17) is 9.47 Å². The van der Waals surface area contributed by atoms with E-state index in [0.29, 0.717) is 23.8 Å². The number of thioether (sulfide) groups is 1. The van der Waals surface area contributed by atoms with Gasteiger partial charge in [-0.1, -0.05) is 47.2 Å². The van der Waals surface area contributed by atoms with E-state index in [-0.39, 0.29) is 45.6 Å². The number of aryl methyl sites for hydroxylation is 1. The van der Waals surface area contributed by atoms with Crippen LogP contribution in [0.5, 0.6) is 11.5 Å². The van der Waals surface area contributed by atoms with Gasteiger partial charge in [0.15, 0.2) is 11.5 Å². The zero-order chi connectivity index (χ0) is 30.3. The van der Waals surface area contributed by atoms with Crippen molar-refractivity contribution < 1.29 is 23.5 Å². The number of nitrogens with one attached hydrogen (secondary N) is 1. The van der Waals surface area contributed by atoms with Gasteiger partial charge in [-0.2, -0.15) is 0 Å². The molecule has 7 nitrogen and oxygen atoms in total. The predicted molar refractivity (Wildman–Crippen MR) is 166 cm³/mol.